The molecule has 0 aliphatic rings. The Hall–Kier alpha value is -2.50. The van der Waals surface area contributed by atoms with Crippen LogP contribution in [0.4, 0.5) is 32.0 Å². The Morgan fingerprint density at radius 1 is 1.00 bits per heavy atom. The minimum Gasteiger partial charge on any atom is -0.258 e. The van der Waals surface area contributed by atoms with Crippen molar-refractivity contribution in [3.05, 3.63) is 46.0 Å². The molecule has 1 aromatic rings. The molecule has 3 nitrogen and oxygen atoms in total. The lowest BCUT2D eigenvalue weighted by molar-refractivity contribution is -0.384. The molecule has 0 saturated heterocycles. The minimum atomic E-state index is -5.00. The zero-order valence-corrected chi connectivity index (χ0v) is 9.84. The quantitative estimate of drug-likeness (QED) is 0.360. The molecule has 0 atom stereocenters. The lowest BCUT2D eigenvalue weighted by atomic mass is 10.1. The largest absolute Gasteiger partial charge is 0.458 e. The third-order valence-corrected chi connectivity index (χ3v) is 1.96. The van der Waals surface area contributed by atoms with Crippen molar-refractivity contribution >= 4 is 11.3 Å². The van der Waals surface area contributed by atoms with E-state index in [0.717, 1.165) is 30.3 Å². The number of non-ortho nitro benzene ring substituents is 1. The number of halogens is 6. The van der Waals surface area contributed by atoms with Gasteiger partial charge in [0.15, 0.2) is 0 Å². The van der Waals surface area contributed by atoms with Gasteiger partial charge in [-0.2, -0.15) is 26.3 Å². The standard InChI is InChI=1S/C12H4F6NO2/c13-11(14,15)6-5-9(7-12(16,17)18)8-1-3-10(4-2-8)19(20)21/h1-4H. The van der Waals surface area contributed by atoms with Gasteiger partial charge in [-0.15, -0.1) is 0 Å². The van der Waals surface area contributed by atoms with Crippen LogP contribution in [0.1, 0.15) is 5.56 Å². The predicted molar refractivity (Wildman–Crippen MR) is 59.6 cm³/mol. The van der Waals surface area contributed by atoms with Gasteiger partial charge in [-0.05, 0) is 17.7 Å². The van der Waals surface area contributed by atoms with Crippen LogP contribution in [0.25, 0.3) is 5.57 Å². The molecule has 0 spiro atoms. The van der Waals surface area contributed by atoms with E-state index < -0.39 is 28.5 Å². The highest BCUT2D eigenvalue weighted by Crippen LogP contribution is 2.25. The number of hydrogen-bond acceptors (Lipinski definition) is 2. The molecule has 21 heavy (non-hydrogen) atoms. The zero-order chi connectivity index (χ0) is 16.3. The number of nitrogens with zero attached hydrogens (tertiary/aromatic N) is 1. The molecular weight excluding hydrogens is 304 g/mol. The van der Waals surface area contributed by atoms with E-state index in [9.17, 15) is 36.5 Å². The van der Waals surface area contributed by atoms with E-state index in [0.29, 0.717) is 5.92 Å². The van der Waals surface area contributed by atoms with E-state index in [1.807, 2.05) is 0 Å². The van der Waals surface area contributed by atoms with Crippen LogP contribution in [0, 0.1) is 28.0 Å². The molecule has 1 aromatic carbocycles. The number of rotatable bonds is 2. The summed E-state index contributed by atoms with van der Waals surface area (Å²) >= 11 is 0. The molecule has 111 valence electrons. The lowest BCUT2D eigenvalue weighted by Gasteiger charge is -2.03. The molecule has 0 unspecified atom stereocenters. The summed E-state index contributed by atoms with van der Waals surface area (Å²) in [5.41, 5.74) is -1.85. The van der Waals surface area contributed by atoms with E-state index in [2.05, 4.69) is 0 Å². The van der Waals surface area contributed by atoms with Crippen molar-refractivity contribution in [3.63, 3.8) is 0 Å². The Morgan fingerprint density at radius 2 is 1.52 bits per heavy atom. The highest BCUT2D eigenvalue weighted by molar-refractivity contribution is 5.78. The lowest BCUT2D eigenvalue weighted by Crippen LogP contribution is -2.05. The Kier molecular flexibility index (Phi) is 4.62. The van der Waals surface area contributed by atoms with Crippen molar-refractivity contribution in [2.24, 2.45) is 0 Å². The Labute approximate surface area is 114 Å². The van der Waals surface area contributed by atoms with Gasteiger partial charge in [-0.3, -0.25) is 10.1 Å². The second-order valence-corrected chi connectivity index (χ2v) is 3.55. The normalized spacial score (nSPS) is 12.6. The Bertz CT molecular complexity index is 616. The smallest absolute Gasteiger partial charge is 0.258 e. The molecule has 9 heteroatoms. The zero-order valence-electron chi connectivity index (χ0n) is 9.84. The fraction of sp³-hybridized carbons (Fsp3) is 0.167. The molecule has 0 amide bonds. The summed E-state index contributed by atoms with van der Waals surface area (Å²) in [6.07, 6.45) is -9.11. The fourth-order valence-electron chi connectivity index (χ4n) is 1.20. The molecule has 1 rings (SSSR count). The first-order valence-electron chi connectivity index (χ1n) is 5.04. The first-order valence-corrected chi connectivity index (χ1v) is 5.04. The van der Waals surface area contributed by atoms with Crippen molar-refractivity contribution in [3.8, 4) is 11.8 Å². The van der Waals surface area contributed by atoms with Crippen molar-refractivity contribution in [2.45, 2.75) is 12.4 Å². The van der Waals surface area contributed by atoms with E-state index in [4.69, 9.17) is 0 Å². The van der Waals surface area contributed by atoms with E-state index >= 15 is 0 Å². The van der Waals surface area contributed by atoms with Gasteiger partial charge in [-0.1, -0.05) is 5.92 Å². The van der Waals surface area contributed by atoms with Gasteiger partial charge in [-0.25, -0.2) is 0 Å². The average Bonchev–Trinajstić information content (AvgIpc) is 2.32. The average molecular weight is 308 g/mol. The van der Waals surface area contributed by atoms with Crippen molar-refractivity contribution in [1.82, 2.24) is 0 Å². The number of benzene rings is 1. The molecule has 0 N–H and O–H groups in total. The molecule has 0 aromatic heterocycles. The van der Waals surface area contributed by atoms with Crippen LogP contribution in [0.15, 0.2) is 24.3 Å². The van der Waals surface area contributed by atoms with Crippen molar-refractivity contribution in [1.29, 1.82) is 0 Å². The van der Waals surface area contributed by atoms with Crippen LogP contribution in [-0.4, -0.2) is 17.3 Å². The molecule has 0 aliphatic carbocycles. The van der Waals surface area contributed by atoms with Gasteiger partial charge >= 0.3 is 12.4 Å². The van der Waals surface area contributed by atoms with Crippen molar-refractivity contribution < 1.29 is 31.3 Å². The van der Waals surface area contributed by atoms with E-state index in [-0.39, 0.29) is 5.56 Å². The van der Waals surface area contributed by atoms with Crippen LogP contribution < -0.4 is 0 Å². The Morgan fingerprint density at radius 3 is 1.90 bits per heavy atom. The molecule has 1 radical (unpaired) electrons. The SMILES string of the molecule is O=[N+]([O-])c1ccc(C(=[C]C(F)(F)F)C#CC(F)(F)F)cc1. The van der Waals surface area contributed by atoms with Crippen LogP contribution in [0.2, 0.25) is 0 Å². The van der Waals surface area contributed by atoms with Gasteiger partial charge in [0.05, 0.1) is 11.0 Å². The summed E-state index contributed by atoms with van der Waals surface area (Å²) in [6.45, 7) is 0. The predicted octanol–water partition coefficient (Wildman–Crippen LogP) is 3.91. The molecular formula is C12H4F6NO2. The fourth-order valence-corrected chi connectivity index (χ4v) is 1.20. The number of hydrogen-bond donors (Lipinski definition) is 0. The molecule has 0 bridgehead atoms. The molecule has 0 aliphatic heterocycles. The van der Waals surface area contributed by atoms with Gasteiger partial charge in [0.1, 0.15) is 0 Å². The van der Waals surface area contributed by atoms with Crippen LogP contribution in [0.5, 0.6) is 0 Å². The first-order chi connectivity index (χ1) is 9.48. The maximum atomic E-state index is 12.2. The molecule has 0 saturated carbocycles. The monoisotopic (exact) mass is 308 g/mol. The van der Waals surface area contributed by atoms with Gasteiger partial charge in [0.2, 0.25) is 0 Å². The van der Waals surface area contributed by atoms with Gasteiger partial charge in [0.25, 0.3) is 5.69 Å². The minimum absolute atomic E-state index is 0.366. The summed E-state index contributed by atoms with van der Waals surface area (Å²) in [6, 6.07) is 3.42. The third-order valence-electron chi connectivity index (χ3n) is 1.96. The number of allylic oxidation sites excluding steroid dienone is 2. The Balaban J connectivity index is 3.27. The van der Waals surface area contributed by atoms with Crippen LogP contribution in [0.3, 0.4) is 0 Å². The van der Waals surface area contributed by atoms with Crippen LogP contribution in [-0.2, 0) is 0 Å². The van der Waals surface area contributed by atoms with Gasteiger partial charge < -0.3 is 0 Å². The van der Waals surface area contributed by atoms with Gasteiger partial charge in [0, 0.05) is 23.6 Å². The highest BCUT2D eigenvalue weighted by Gasteiger charge is 2.27. The summed E-state index contributed by atoms with van der Waals surface area (Å²) in [4.78, 5) is 9.59. The maximum Gasteiger partial charge on any atom is 0.458 e. The maximum absolute atomic E-state index is 12.2. The van der Waals surface area contributed by atoms with E-state index in [1.165, 1.54) is 5.92 Å². The summed E-state index contributed by atoms with van der Waals surface area (Å²) in [5.74, 6) is 2.02. The topological polar surface area (TPSA) is 43.1 Å². The number of nitro groups is 1. The number of alkyl halides is 6. The molecule has 0 heterocycles. The van der Waals surface area contributed by atoms with Crippen molar-refractivity contribution in [2.75, 3.05) is 0 Å². The summed E-state index contributed by atoms with van der Waals surface area (Å²) in [5, 5.41) is 10.4. The third kappa shape index (κ3) is 5.99. The number of nitro benzene ring substituents is 1. The van der Waals surface area contributed by atoms with Crippen LogP contribution >= 0.6 is 0 Å². The second-order valence-electron chi connectivity index (χ2n) is 3.55. The summed E-state index contributed by atoms with van der Waals surface area (Å²) in [7, 11) is 0. The summed E-state index contributed by atoms with van der Waals surface area (Å²) < 4.78 is 72.5. The first kappa shape index (κ1) is 16.6. The second kappa shape index (κ2) is 5.87. The molecule has 0 fully saturated rings. The van der Waals surface area contributed by atoms with E-state index in [1.54, 1.807) is 0 Å². The highest BCUT2D eigenvalue weighted by atomic mass is 19.4.